The average molecular weight is 552 g/mol. The van der Waals surface area contributed by atoms with Gasteiger partial charge in [0.15, 0.2) is 0 Å². The number of hydrogen-bond acceptors (Lipinski definition) is 6. The molecule has 0 bridgehead atoms. The molecule has 0 aromatic heterocycles. The fourth-order valence-electron chi connectivity index (χ4n) is 3.59. The maximum atomic E-state index is 13.1. The van der Waals surface area contributed by atoms with Gasteiger partial charge in [0, 0.05) is 22.0 Å². The van der Waals surface area contributed by atoms with E-state index in [1.165, 1.54) is 24.3 Å². The summed E-state index contributed by atoms with van der Waals surface area (Å²) in [5.74, 6) is -2.18. The number of nitrogens with zero attached hydrogens (tertiary/aromatic N) is 1. The summed E-state index contributed by atoms with van der Waals surface area (Å²) in [6.45, 7) is 4.05. The van der Waals surface area contributed by atoms with Gasteiger partial charge in [0.25, 0.3) is 17.7 Å². The van der Waals surface area contributed by atoms with Crippen LogP contribution in [0.5, 0.6) is 0 Å². The molecule has 0 fully saturated rings. The third-order valence-electron chi connectivity index (χ3n) is 5.67. The summed E-state index contributed by atoms with van der Waals surface area (Å²) < 4.78 is 5.09. The molecule has 3 amide bonds. The van der Waals surface area contributed by atoms with Crippen molar-refractivity contribution in [1.29, 1.82) is 0 Å². The minimum Gasteiger partial charge on any atom is -0.462 e. The quantitative estimate of drug-likeness (QED) is 0.266. The molecule has 1 heterocycles. The predicted molar refractivity (Wildman–Crippen MR) is 147 cm³/mol. The van der Waals surface area contributed by atoms with Crippen LogP contribution < -0.4 is 15.5 Å². The first-order chi connectivity index (χ1) is 18.2. The van der Waals surface area contributed by atoms with Crippen molar-refractivity contribution in [1.82, 2.24) is 0 Å². The van der Waals surface area contributed by atoms with Crippen LogP contribution in [-0.2, 0) is 14.3 Å². The highest BCUT2D eigenvalue weighted by molar-refractivity contribution is 6.53. The summed E-state index contributed by atoms with van der Waals surface area (Å²) >= 11 is 12.3. The molecule has 0 atom stereocenters. The van der Waals surface area contributed by atoms with E-state index < -0.39 is 17.8 Å². The third kappa shape index (κ3) is 5.72. The van der Waals surface area contributed by atoms with Gasteiger partial charge in [-0.25, -0.2) is 9.69 Å². The maximum Gasteiger partial charge on any atom is 0.338 e. The van der Waals surface area contributed by atoms with Gasteiger partial charge < -0.3 is 15.4 Å². The summed E-state index contributed by atoms with van der Waals surface area (Å²) in [7, 11) is 0. The molecule has 2 N–H and O–H groups in total. The van der Waals surface area contributed by atoms with Gasteiger partial charge in [0.05, 0.1) is 17.9 Å². The van der Waals surface area contributed by atoms with E-state index in [1.807, 2.05) is 19.9 Å². The van der Waals surface area contributed by atoms with Crippen LogP contribution in [-0.4, -0.2) is 30.3 Å². The van der Waals surface area contributed by atoms with E-state index in [0.29, 0.717) is 40.6 Å². The Kier molecular flexibility index (Phi) is 8.14. The minimum absolute atomic E-state index is 0.102. The molecule has 3 aromatic rings. The lowest BCUT2D eigenvalue weighted by Gasteiger charge is -2.15. The van der Waals surface area contributed by atoms with E-state index in [4.69, 9.17) is 27.9 Å². The van der Waals surface area contributed by atoms with Crippen molar-refractivity contribution >= 4 is 64.0 Å². The van der Waals surface area contributed by atoms with Crippen molar-refractivity contribution in [3.05, 3.63) is 99.2 Å². The lowest BCUT2D eigenvalue weighted by molar-refractivity contribution is -0.120. The van der Waals surface area contributed by atoms with Crippen LogP contribution in [0.3, 0.4) is 0 Å². The topological polar surface area (TPSA) is 105 Å². The van der Waals surface area contributed by atoms with E-state index >= 15 is 0 Å². The Balaban J connectivity index is 1.43. The van der Waals surface area contributed by atoms with Gasteiger partial charge in [-0.1, -0.05) is 36.2 Å². The van der Waals surface area contributed by atoms with Crippen molar-refractivity contribution in [2.24, 2.45) is 0 Å². The number of carbonyl (C=O) groups is 4. The van der Waals surface area contributed by atoms with Gasteiger partial charge in [0.1, 0.15) is 10.7 Å². The maximum absolute atomic E-state index is 13.1. The van der Waals surface area contributed by atoms with Crippen LogP contribution in [0.15, 0.2) is 77.5 Å². The molecular weight excluding hydrogens is 529 g/mol. The normalized spacial score (nSPS) is 13.1. The molecule has 0 radical (unpaired) electrons. The molecular formula is C28H23Cl2N3O5. The van der Waals surface area contributed by atoms with Gasteiger partial charge in [0.2, 0.25) is 0 Å². The number of rotatable bonds is 8. The summed E-state index contributed by atoms with van der Waals surface area (Å²) in [5, 5.41) is 5.91. The van der Waals surface area contributed by atoms with Gasteiger partial charge in [-0.05, 0) is 79.6 Å². The molecule has 194 valence electrons. The second kappa shape index (κ2) is 11.5. The largest absolute Gasteiger partial charge is 0.462 e. The van der Waals surface area contributed by atoms with Crippen molar-refractivity contribution in [2.45, 2.75) is 20.3 Å². The van der Waals surface area contributed by atoms with Gasteiger partial charge in [-0.2, -0.15) is 0 Å². The first kappa shape index (κ1) is 26.9. The zero-order valence-corrected chi connectivity index (χ0v) is 22.0. The SMILES string of the molecule is CCCOC(=O)c1ccc(N2C(=O)C(Cl)=C(Nc3ccc(C(=O)Nc4ccc(C)c(Cl)c4)cc3)C2=O)cc1. The second-order valence-electron chi connectivity index (χ2n) is 8.44. The lowest BCUT2D eigenvalue weighted by atomic mass is 10.1. The first-order valence-corrected chi connectivity index (χ1v) is 12.5. The highest BCUT2D eigenvalue weighted by atomic mass is 35.5. The number of anilines is 3. The van der Waals surface area contributed by atoms with Crippen LogP contribution in [0.2, 0.25) is 5.02 Å². The highest BCUT2D eigenvalue weighted by Crippen LogP contribution is 2.30. The fraction of sp³-hybridized carbons (Fsp3) is 0.143. The Morgan fingerprint density at radius 3 is 2.13 bits per heavy atom. The Morgan fingerprint density at radius 1 is 0.868 bits per heavy atom. The number of hydrogen-bond donors (Lipinski definition) is 2. The Morgan fingerprint density at radius 2 is 1.50 bits per heavy atom. The molecule has 0 spiro atoms. The molecule has 10 heteroatoms. The Bertz CT molecular complexity index is 1450. The summed E-state index contributed by atoms with van der Waals surface area (Å²) in [4.78, 5) is 51.3. The first-order valence-electron chi connectivity index (χ1n) is 11.7. The summed E-state index contributed by atoms with van der Waals surface area (Å²) in [6.07, 6.45) is 0.694. The van der Waals surface area contributed by atoms with Crippen LogP contribution in [0, 0.1) is 6.92 Å². The van der Waals surface area contributed by atoms with Crippen LogP contribution in [0.25, 0.3) is 0 Å². The third-order valence-corrected chi connectivity index (χ3v) is 6.43. The summed E-state index contributed by atoms with van der Waals surface area (Å²) in [5.41, 5.74) is 2.74. The molecule has 4 rings (SSSR count). The average Bonchev–Trinajstić information content (AvgIpc) is 3.12. The van der Waals surface area contributed by atoms with E-state index in [9.17, 15) is 19.2 Å². The molecule has 0 saturated carbocycles. The van der Waals surface area contributed by atoms with Crippen LogP contribution >= 0.6 is 23.2 Å². The van der Waals surface area contributed by atoms with Gasteiger partial charge in [-0.3, -0.25) is 14.4 Å². The standard InChI is InChI=1S/C28H23Cl2N3O5/c1-3-14-38-28(37)18-7-12-21(13-8-18)33-26(35)23(30)24(27(33)36)31-19-10-5-17(6-11-19)25(34)32-20-9-4-16(2)22(29)15-20/h4-13,15,31H,3,14H2,1-2H3,(H,32,34). The number of esters is 1. The smallest absolute Gasteiger partial charge is 0.338 e. The van der Waals surface area contributed by atoms with Crippen molar-refractivity contribution in [3.8, 4) is 0 Å². The van der Waals surface area contributed by atoms with Crippen LogP contribution in [0.4, 0.5) is 17.1 Å². The number of halogens is 2. The summed E-state index contributed by atoms with van der Waals surface area (Å²) in [6, 6.07) is 17.4. The van der Waals surface area contributed by atoms with E-state index in [-0.39, 0.29) is 22.3 Å². The van der Waals surface area contributed by atoms with E-state index in [0.717, 1.165) is 10.5 Å². The van der Waals surface area contributed by atoms with Crippen LogP contribution in [0.1, 0.15) is 39.6 Å². The molecule has 1 aliphatic heterocycles. The van der Waals surface area contributed by atoms with E-state index in [2.05, 4.69) is 10.6 Å². The fourth-order valence-corrected chi connectivity index (χ4v) is 3.99. The number of imide groups is 1. The number of aryl methyl sites for hydroxylation is 1. The van der Waals surface area contributed by atoms with E-state index in [1.54, 1.807) is 36.4 Å². The lowest BCUT2D eigenvalue weighted by Crippen LogP contribution is -2.32. The Labute approximate surface area is 229 Å². The number of amides is 3. The molecule has 0 unspecified atom stereocenters. The minimum atomic E-state index is -0.701. The van der Waals surface area contributed by atoms with Crippen molar-refractivity contribution < 1.29 is 23.9 Å². The molecule has 8 nitrogen and oxygen atoms in total. The van der Waals surface area contributed by atoms with Crippen molar-refractivity contribution in [3.63, 3.8) is 0 Å². The highest BCUT2D eigenvalue weighted by Gasteiger charge is 2.39. The van der Waals surface area contributed by atoms with Gasteiger partial charge >= 0.3 is 5.97 Å². The monoisotopic (exact) mass is 551 g/mol. The van der Waals surface area contributed by atoms with Gasteiger partial charge in [-0.15, -0.1) is 0 Å². The number of ether oxygens (including phenoxy) is 1. The molecule has 3 aromatic carbocycles. The Hall–Kier alpha value is -4.14. The number of benzene rings is 3. The predicted octanol–water partition coefficient (Wildman–Crippen LogP) is 5.90. The molecule has 38 heavy (non-hydrogen) atoms. The molecule has 1 aliphatic rings. The molecule has 0 saturated heterocycles. The zero-order chi connectivity index (χ0) is 27.4. The molecule has 0 aliphatic carbocycles. The number of nitrogens with one attached hydrogen (secondary N) is 2. The number of carbonyl (C=O) groups excluding carboxylic acids is 4. The zero-order valence-electron chi connectivity index (χ0n) is 20.5. The van der Waals surface area contributed by atoms with Crippen molar-refractivity contribution in [2.75, 3.05) is 22.1 Å². The second-order valence-corrected chi connectivity index (χ2v) is 9.22.